The molecule has 0 spiro atoms. The molecule has 4 rings (SSSR count). The highest BCUT2D eigenvalue weighted by atomic mass is 32.2. The summed E-state index contributed by atoms with van der Waals surface area (Å²) in [5.41, 5.74) is -3.02. The van der Waals surface area contributed by atoms with E-state index in [4.69, 9.17) is 4.74 Å². The lowest BCUT2D eigenvalue weighted by Crippen LogP contribution is -2.61. The van der Waals surface area contributed by atoms with Crippen molar-refractivity contribution in [2.45, 2.75) is 96.4 Å². The van der Waals surface area contributed by atoms with Crippen molar-refractivity contribution in [2.75, 3.05) is 6.54 Å². The van der Waals surface area contributed by atoms with E-state index < -0.39 is 62.5 Å². The molecule has 3 aliphatic rings. The lowest BCUT2D eigenvalue weighted by Gasteiger charge is -2.38. The topological polar surface area (TPSA) is 151 Å². The Morgan fingerprint density at radius 2 is 1.59 bits per heavy atom. The molecule has 12 heteroatoms. The summed E-state index contributed by atoms with van der Waals surface area (Å²) < 4.78 is 33.0. The third-order valence-corrected chi connectivity index (χ3v) is 9.71. The minimum Gasteiger partial charge on any atom is -0.444 e. The van der Waals surface area contributed by atoms with E-state index in [0.717, 1.165) is 0 Å². The molecule has 1 aliphatic heterocycles. The standard InChI is InChI=1S/C29H42N4O7S/c1-26(2,3)21(30-25(37)40-27(4,5)6)23(35)33-16-18-19(28(18,7)8)20(33)22(34)31-29(14-15-29)24(36)32-41(38,39)17-12-10-9-11-13-17/h9-13,18-21H,14-16H2,1-8H3,(H,30,37)(H,31,34)(H,32,36)/t18-,19-,20-,21+/m0/s1. The van der Waals surface area contributed by atoms with E-state index >= 15 is 0 Å². The van der Waals surface area contributed by atoms with Crippen LogP contribution in [0.4, 0.5) is 4.79 Å². The Morgan fingerprint density at radius 1 is 1.00 bits per heavy atom. The highest BCUT2D eigenvalue weighted by molar-refractivity contribution is 7.90. The quantitative estimate of drug-likeness (QED) is 0.442. The molecular weight excluding hydrogens is 548 g/mol. The smallest absolute Gasteiger partial charge is 0.408 e. The summed E-state index contributed by atoms with van der Waals surface area (Å²) in [6.07, 6.45) is -0.180. The Hall–Kier alpha value is -3.15. The van der Waals surface area contributed by atoms with E-state index in [1.165, 1.54) is 17.0 Å². The normalized spacial score (nSPS) is 24.9. The van der Waals surface area contributed by atoms with E-state index in [1.807, 2.05) is 34.6 Å². The molecule has 11 nitrogen and oxygen atoms in total. The van der Waals surface area contributed by atoms with E-state index in [0.29, 0.717) is 6.54 Å². The molecule has 1 heterocycles. The number of alkyl carbamates (subject to hydrolysis) is 1. The number of piperidine rings is 1. The van der Waals surface area contributed by atoms with Gasteiger partial charge >= 0.3 is 6.09 Å². The predicted octanol–water partition coefficient (Wildman–Crippen LogP) is 2.56. The van der Waals surface area contributed by atoms with Gasteiger partial charge in [0.2, 0.25) is 11.8 Å². The summed E-state index contributed by atoms with van der Waals surface area (Å²) in [4.78, 5) is 55.0. The maximum Gasteiger partial charge on any atom is 0.408 e. The van der Waals surface area contributed by atoms with Crippen molar-refractivity contribution in [1.82, 2.24) is 20.3 Å². The van der Waals surface area contributed by atoms with E-state index in [9.17, 15) is 27.6 Å². The molecular formula is C29H42N4O7S. The van der Waals surface area contributed by atoms with Gasteiger partial charge in [-0.1, -0.05) is 52.8 Å². The van der Waals surface area contributed by atoms with Crippen LogP contribution >= 0.6 is 0 Å². The highest BCUT2D eigenvalue weighted by Gasteiger charge is 2.70. The molecule has 0 aromatic heterocycles. The molecule has 0 bridgehead atoms. The maximum absolute atomic E-state index is 14.0. The van der Waals surface area contributed by atoms with Crippen molar-refractivity contribution in [3.63, 3.8) is 0 Å². The zero-order valence-corrected chi connectivity index (χ0v) is 25.8. The molecule has 4 atom stereocenters. The number of hydrogen-bond acceptors (Lipinski definition) is 7. The van der Waals surface area contributed by atoms with Crippen molar-refractivity contribution in [1.29, 1.82) is 0 Å². The molecule has 3 fully saturated rings. The first-order valence-electron chi connectivity index (χ1n) is 13.9. The summed E-state index contributed by atoms with van der Waals surface area (Å²) in [6, 6.07) is 5.68. The van der Waals surface area contributed by atoms with Gasteiger partial charge in [-0.2, -0.15) is 0 Å². The van der Waals surface area contributed by atoms with Crippen LogP contribution in [0.1, 0.15) is 68.2 Å². The highest BCUT2D eigenvalue weighted by Crippen LogP contribution is 2.65. The lowest BCUT2D eigenvalue weighted by atomic mass is 9.85. The summed E-state index contributed by atoms with van der Waals surface area (Å²) in [7, 11) is -4.12. The summed E-state index contributed by atoms with van der Waals surface area (Å²) in [6.45, 7) is 15.0. The van der Waals surface area contributed by atoms with Crippen molar-refractivity contribution in [3.8, 4) is 0 Å². The number of carbonyl (C=O) groups is 4. The number of ether oxygens (including phenoxy) is 1. The minimum absolute atomic E-state index is 0.0590. The maximum atomic E-state index is 14.0. The first-order chi connectivity index (χ1) is 18.7. The fourth-order valence-corrected chi connectivity index (χ4v) is 6.85. The van der Waals surface area contributed by atoms with Gasteiger partial charge in [0.1, 0.15) is 23.2 Å². The minimum atomic E-state index is -4.12. The average Bonchev–Trinajstić information content (AvgIpc) is 3.65. The summed E-state index contributed by atoms with van der Waals surface area (Å²) in [5.74, 6) is -1.79. The first-order valence-corrected chi connectivity index (χ1v) is 15.4. The second-order valence-electron chi connectivity index (χ2n) is 14.2. The lowest BCUT2D eigenvalue weighted by molar-refractivity contribution is -0.144. The number of carbonyl (C=O) groups excluding carboxylic acids is 4. The number of likely N-dealkylation sites (tertiary alicyclic amines) is 1. The molecule has 1 saturated heterocycles. The van der Waals surface area contributed by atoms with E-state index in [1.54, 1.807) is 39.0 Å². The number of nitrogens with one attached hydrogen (secondary N) is 3. The Balaban J connectivity index is 1.53. The number of fused-ring (bicyclic) bond motifs is 1. The van der Waals surface area contributed by atoms with Gasteiger partial charge in [-0.25, -0.2) is 17.9 Å². The largest absolute Gasteiger partial charge is 0.444 e. The monoisotopic (exact) mass is 590 g/mol. The Morgan fingerprint density at radius 3 is 2.10 bits per heavy atom. The third-order valence-electron chi connectivity index (χ3n) is 8.36. The van der Waals surface area contributed by atoms with Crippen LogP contribution in [-0.2, 0) is 29.1 Å². The van der Waals surface area contributed by atoms with Gasteiger partial charge in [0.25, 0.3) is 15.9 Å². The van der Waals surface area contributed by atoms with E-state index in [-0.39, 0.29) is 35.0 Å². The Kier molecular flexibility index (Phi) is 7.51. The number of hydrogen-bond donors (Lipinski definition) is 3. The van der Waals surface area contributed by atoms with Crippen LogP contribution in [0.25, 0.3) is 0 Å². The number of rotatable bonds is 7. The SMILES string of the molecule is CC(C)(C)OC(=O)N[C@H](C(=O)N1C[C@H]2[C@@H]([C@H]1C(=O)NC1(C(=O)NS(=O)(=O)c3ccccc3)CC1)C2(C)C)C(C)(C)C. The molecule has 1 aromatic rings. The molecule has 226 valence electrons. The number of benzene rings is 1. The zero-order valence-electron chi connectivity index (χ0n) is 25.0. The predicted molar refractivity (Wildman–Crippen MR) is 151 cm³/mol. The van der Waals surface area contributed by atoms with Gasteiger partial charge < -0.3 is 20.3 Å². The molecule has 3 N–H and O–H groups in total. The van der Waals surface area contributed by atoms with Crippen LogP contribution in [0.15, 0.2) is 35.2 Å². The molecule has 2 aliphatic carbocycles. The molecule has 0 unspecified atom stereocenters. The number of amides is 4. The molecule has 2 saturated carbocycles. The summed E-state index contributed by atoms with van der Waals surface area (Å²) in [5, 5.41) is 5.50. The van der Waals surface area contributed by atoms with Crippen molar-refractivity contribution < 1.29 is 32.3 Å². The van der Waals surface area contributed by atoms with Crippen LogP contribution in [0.5, 0.6) is 0 Å². The zero-order chi connectivity index (χ0) is 30.8. The van der Waals surface area contributed by atoms with Gasteiger partial charge in [-0.3, -0.25) is 14.4 Å². The van der Waals surface area contributed by atoms with Gasteiger partial charge in [0.05, 0.1) is 4.90 Å². The number of nitrogens with zero attached hydrogens (tertiary/aromatic N) is 1. The second-order valence-corrected chi connectivity index (χ2v) is 15.8. The van der Waals surface area contributed by atoms with Crippen LogP contribution in [0.2, 0.25) is 0 Å². The Bertz CT molecular complexity index is 1340. The van der Waals surface area contributed by atoms with Crippen molar-refractivity contribution >= 4 is 33.8 Å². The molecule has 0 radical (unpaired) electrons. The van der Waals surface area contributed by atoms with Gasteiger partial charge in [0.15, 0.2) is 0 Å². The third kappa shape index (κ3) is 6.22. The second kappa shape index (κ2) is 9.99. The van der Waals surface area contributed by atoms with Gasteiger partial charge in [-0.05, 0) is 68.4 Å². The van der Waals surface area contributed by atoms with Crippen molar-refractivity contribution in [3.05, 3.63) is 30.3 Å². The summed E-state index contributed by atoms with van der Waals surface area (Å²) >= 11 is 0. The Labute approximate surface area is 242 Å². The fraction of sp³-hybridized carbons (Fsp3) is 0.655. The van der Waals surface area contributed by atoms with Gasteiger partial charge in [0, 0.05) is 6.54 Å². The van der Waals surface area contributed by atoms with Crippen LogP contribution < -0.4 is 15.4 Å². The van der Waals surface area contributed by atoms with Gasteiger partial charge in [-0.15, -0.1) is 0 Å². The van der Waals surface area contributed by atoms with E-state index in [2.05, 4.69) is 15.4 Å². The van der Waals surface area contributed by atoms with Crippen molar-refractivity contribution in [2.24, 2.45) is 22.7 Å². The molecule has 4 amide bonds. The molecule has 41 heavy (non-hydrogen) atoms. The average molecular weight is 591 g/mol. The van der Waals surface area contributed by atoms with Crippen LogP contribution in [0, 0.1) is 22.7 Å². The van der Waals surface area contributed by atoms with Crippen LogP contribution in [-0.4, -0.2) is 66.9 Å². The first kappa shape index (κ1) is 30.8. The fourth-order valence-electron chi connectivity index (χ4n) is 5.78. The van der Waals surface area contributed by atoms with Crippen LogP contribution in [0.3, 0.4) is 0 Å². The molecule has 1 aromatic carbocycles. The number of sulfonamides is 1.